The van der Waals surface area contributed by atoms with E-state index in [0.717, 1.165) is 22.3 Å². The maximum absolute atomic E-state index is 12.4. The van der Waals surface area contributed by atoms with Crippen molar-refractivity contribution in [2.24, 2.45) is 11.1 Å². The molecule has 1 atom stereocenters. The van der Waals surface area contributed by atoms with E-state index in [9.17, 15) is 18.0 Å². The van der Waals surface area contributed by atoms with Gasteiger partial charge in [0.1, 0.15) is 11.9 Å². The van der Waals surface area contributed by atoms with E-state index in [0.29, 0.717) is 12.0 Å². The molecule has 144 valence electrons. The van der Waals surface area contributed by atoms with Gasteiger partial charge in [0, 0.05) is 5.41 Å². The topological polar surface area (TPSA) is 61.5 Å². The van der Waals surface area contributed by atoms with Gasteiger partial charge in [-0.1, -0.05) is 38.1 Å². The molecule has 0 radical (unpaired) electrons. The lowest BCUT2D eigenvalue weighted by atomic mass is 9.87. The maximum atomic E-state index is 12.4. The summed E-state index contributed by atoms with van der Waals surface area (Å²) >= 11 is 0. The van der Waals surface area contributed by atoms with Crippen LogP contribution < -0.4 is 10.5 Å². The highest BCUT2D eigenvalue weighted by molar-refractivity contribution is 5.69. The largest absolute Gasteiger partial charge is 0.573 e. The number of ether oxygens (including phenoxy) is 2. The number of alkyl halides is 3. The van der Waals surface area contributed by atoms with E-state index in [2.05, 4.69) is 4.74 Å². The summed E-state index contributed by atoms with van der Waals surface area (Å²) in [5.74, 6) is -0.219. The van der Waals surface area contributed by atoms with E-state index in [1.807, 2.05) is 32.0 Å². The second-order valence-corrected chi connectivity index (χ2v) is 7.42. The van der Waals surface area contributed by atoms with E-state index >= 15 is 0 Å². The van der Waals surface area contributed by atoms with Gasteiger partial charge in [0.15, 0.2) is 0 Å². The Balaban J connectivity index is 1.93. The highest BCUT2D eigenvalue weighted by Crippen LogP contribution is 2.48. The number of benzene rings is 2. The number of hydrogen-bond acceptors (Lipinski definition) is 3. The zero-order valence-electron chi connectivity index (χ0n) is 15.2. The Morgan fingerprint density at radius 3 is 2.37 bits per heavy atom. The summed E-state index contributed by atoms with van der Waals surface area (Å²) in [6.45, 7) is 5.55. The molecule has 1 aliphatic rings. The highest BCUT2D eigenvalue weighted by atomic mass is 19.4. The second kappa shape index (κ2) is 6.48. The van der Waals surface area contributed by atoms with Gasteiger partial charge in [0.25, 0.3) is 0 Å². The van der Waals surface area contributed by atoms with E-state index in [4.69, 9.17) is 10.5 Å². The molecular formula is C20H20F3NO3. The third-order valence-corrected chi connectivity index (χ3v) is 4.75. The Hall–Kier alpha value is -2.70. The SMILES string of the molecule is Cc1cc(-c2ccc3c(c2)CC(C)(C)C3OC(N)=O)ccc1OC(F)(F)F. The fourth-order valence-corrected chi connectivity index (χ4v) is 3.61. The van der Waals surface area contributed by atoms with Crippen LogP contribution in [0.25, 0.3) is 11.1 Å². The van der Waals surface area contributed by atoms with Crippen molar-refractivity contribution >= 4 is 6.09 Å². The number of aryl methyl sites for hydroxylation is 1. The van der Waals surface area contributed by atoms with Crippen LogP contribution in [0, 0.1) is 12.3 Å². The minimum atomic E-state index is -4.72. The average Bonchev–Trinajstić information content (AvgIpc) is 2.77. The predicted octanol–water partition coefficient (Wildman–Crippen LogP) is 5.28. The number of nitrogens with two attached hydrogens (primary N) is 1. The normalized spacial score (nSPS) is 18.1. The van der Waals surface area contributed by atoms with Gasteiger partial charge in [0.05, 0.1) is 0 Å². The molecule has 0 saturated carbocycles. The Morgan fingerprint density at radius 2 is 1.78 bits per heavy atom. The minimum Gasteiger partial charge on any atom is -0.441 e. The first-order valence-electron chi connectivity index (χ1n) is 8.42. The molecule has 2 aromatic carbocycles. The number of primary amides is 1. The van der Waals surface area contributed by atoms with Gasteiger partial charge >= 0.3 is 12.5 Å². The van der Waals surface area contributed by atoms with Gasteiger partial charge in [-0.2, -0.15) is 0 Å². The van der Waals surface area contributed by atoms with Crippen molar-refractivity contribution in [1.82, 2.24) is 0 Å². The summed E-state index contributed by atoms with van der Waals surface area (Å²) in [6.07, 6.45) is -5.27. The molecule has 7 heteroatoms. The van der Waals surface area contributed by atoms with Crippen molar-refractivity contribution < 1.29 is 27.4 Å². The van der Waals surface area contributed by atoms with Crippen molar-refractivity contribution in [3.8, 4) is 16.9 Å². The van der Waals surface area contributed by atoms with E-state index in [-0.39, 0.29) is 11.2 Å². The van der Waals surface area contributed by atoms with Crippen LogP contribution in [0.1, 0.15) is 36.6 Å². The summed E-state index contributed by atoms with van der Waals surface area (Å²) in [6, 6.07) is 10.3. The van der Waals surface area contributed by atoms with Gasteiger partial charge in [-0.3, -0.25) is 0 Å². The Labute approximate surface area is 155 Å². The van der Waals surface area contributed by atoms with Crippen LogP contribution in [0.2, 0.25) is 0 Å². The van der Waals surface area contributed by atoms with Crippen molar-refractivity contribution in [2.75, 3.05) is 0 Å². The van der Waals surface area contributed by atoms with Crippen LogP contribution in [-0.4, -0.2) is 12.5 Å². The second-order valence-electron chi connectivity index (χ2n) is 7.42. The number of carbonyl (C=O) groups is 1. The van der Waals surface area contributed by atoms with Crippen LogP contribution in [-0.2, 0) is 11.2 Å². The lowest BCUT2D eigenvalue weighted by Gasteiger charge is -2.26. The first-order chi connectivity index (χ1) is 12.5. The van der Waals surface area contributed by atoms with Crippen LogP contribution in [0.5, 0.6) is 5.75 Å². The molecule has 0 aliphatic heterocycles. The molecule has 4 nitrogen and oxygen atoms in total. The zero-order chi connectivity index (χ0) is 20.0. The van der Waals surface area contributed by atoms with Gasteiger partial charge in [0.2, 0.25) is 0 Å². The quantitative estimate of drug-likeness (QED) is 0.789. The van der Waals surface area contributed by atoms with Crippen molar-refractivity contribution in [3.63, 3.8) is 0 Å². The fraction of sp³-hybridized carbons (Fsp3) is 0.350. The minimum absolute atomic E-state index is 0.219. The van der Waals surface area contributed by atoms with E-state index in [1.165, 1.54) is 6.07 Å². The van der Waals surface area contributed by atoms with Gasteiger partial charge in [-0.15, -0.1) is 13.2 Å². The van der Waals surface area contributed by atoms with Gasteiger partial charge < -0.3 is 15.2 Å². The molecule has 0 saturated heterocycles. The fourth-order valence-electron chi connectivity index (χ4n) is 3.61. The molecule has 2 N–H and O–H groups in total. The van der Waals surface area contributed by atoms with Crippen LogP contribution >= 0.6 is 0 Å². The lowest BCUT2D eigenvalue weighted by molar-refractivity contribution is -0.274. The summed E-state index contributed by atoms with van der Waals surface area (Å²) < 4.78 is 46.6. The van der Waals surface area contributed by atoms with Crippen molar-refractivity contribution in [1.29, 1.82) is 0 Å². The lowest BCUT2D eigenvalue weighted by Crippen LogP contribution is -2.25. The van der Waals surface area contributed by atoms with Crippen LogP contribution in [0.3, 0.4) is 0 Å². The molecular weight excluding hydrogens is 359 g/mol. The summed E-state index contributed by atoms with van der Waals surface area (Å²) in [5.41, 5.74) is 8.86. The van der Waals surface area contributed by atoms with Crippen molar-refractivity contribution in [3.05, 3.63) is 53.1 Å². The third kappa shape index (κ3) is 4.02. The number of hydrogen-bond donors (Lipinski definition) is 1. The number of amides is 1. The number of halogens is 3. The van der Waals surface area contributed by atoms with Gasteiger partial charge in [-0.05, 0) is 53.3 Å². The number of rotatable bonds is 3. The molecule has 27 heavy (non-hydrogen) atoms. The molecule has 3 rings (SSSR count). The predicted molar refractivity (Wildman–Crippen MR) is 94.2 cm³/mol. The summed E-state index contributed by atoms with van der Waals surface area (Å²) in [5, 5.41) is 0. The molecule has 0 fully saturated rings. The third-order valence-electron chi connectivity index (χ3n) is 4.75. The van der Waals surface area contributed by atoms with Gasteiger partial charge in [-0.25, -0.2) is 4.79 Å². The Kier molecular flexibility index (Phi) is 4.57. The molecule has 0 spiro atoms. The smallest absolute Gasteiger partial charge is 0.441 e. The maximum Gasteiger partial charge on any atom is 0.573 e. The molecule has 1 unspecified atom stereocenters. The highest BCUT2D eigenvalue weighted by Gasteiger charge is 2.41. The Morgan fingerprint density at radius 1 is 1.15 bits per heavy atom. The van der Waals surface area contributed by atoms with E-state index < -0.39 is 18.6 Å². The van der Waals surface area contributed by atoms with E-state index in [1.54, 1.807) is 19.1 Å². The average molecular weight is 379 g/mol. The molecule has 1 aliphatic carbocycles. The molecule has 2 aromatic rings. The molecule has 0 aromatic heterocycles. The molecule has 0 bridgehead atoms. The van der Waals surface area contributed by atoms with Crippen LogP contribution in [0.4, 0.5) is 18.0 Å². The first kappa shape index (κ1) is 19.1. The van der Waals surface area contributed by atoms with Crippen molar-refractivity contribution in [2.45, 2.75) is 39.7 Å². The molecule has 1 amide bonds. The Bertz CT molecular complexity index is 891. The monoisotopic (exact) mass is 379 g/mol. The number of carbonyl (C=O) groups excluding carboxylic acids is 1. The van der Waals surface area contributed by atoms with Crippen LogP contribution in [0.15, 0.2) is 36.4 Å². The summed E-state index contributed by atoms with van der Waals surface area (Å²) in [4.78, 5) is 11.2. The standard InChI is InChI=1S/C20H20F3NO3/c1-11-8-12(5-7-16(11)27-20(21,22)23)13-4-6-15-14(9-13)10-19(2,3)17(15)26-18(24)25/h4-9,17H,10H2,1-3H3,(H2,24,25). The summed E-state index contributed by atoms with van der Waals surface area (Å²) in [7, 11) is 0. The molecule has 0 heterocycles. The number of fused-ring (bicyclic) bond motifs is 1. The first-order valence-corrected chi connectivity index (χ1v) is 8.42. The zero-order valence-corrected chi connectivity index (χ0v) is 15.2.